The fourth-order valence-electron chi connectivity index (χ4n) is 2.05. The molecule has 1 aliphatic rings. The predicted molar refractivity (Wildman–Crippen MR) is 62.4 cm³/mol. The van der Waals surface area contributed by atoms with Gasteiger partial charge in [0.1, 0.15) is 6.04 Å². The number of aromatic nitrogens is 1. The Morgan fingerprint density at radius 2 is 2.59 bits per heavy atom. The van der Waals surface area contributed by atoms with Crippen LogP contribution in [0.3, 0.4) is 0 Å². The van der Waals surface area contributed by atoms with E-state index in [-0.39, 0.29) is 11.9 Å². The third kappa shape index (κ3) is 2.83. The first-order chi connectivity index (χ1) is 8.20. The fourth-order valence-corrected chi connectivity index (χ4v) is 2.05. The van der Waals surface area contributed by atoms with Gasteiger partial charge in [0.15, 0.2) is 5.76 Å². The van der Waals surface area contributed by atoms with Gasteiger partial charge in [-0.2, -0.15) is 0 Å². The Bertz CT molecular complexity index is 391. The Labute approximate surface area is 100 Å². The maximum absolute atomic E-state index is 11.7. The zero-order valence-corrected chi connectivity index (χ0v) is 10.2. The van der Waals surface area contributed by atoms with E-state index in [1.165, 1.54) is 0 Å². The van der Waals surface area contributed by atoms with Gasteiger partial charge in [-0.15, -0.1) is 0 Å². The van der Waals surface area contributed by atoms with Gasteiger partial charge < -0.3 is 15.2 Å². The molecule has 0 radical (unpaired) electrons. The normalized spacial score (nSPS) is 21.4. The van der Waals surface area contributed by atoms with Crippen LogP contribution in [0.1, 0.15) is 11.5 Å². The van der Waals surface area contributed by atoms with E-state index in [0.717, 1.165) is 24.5 Å². The molecule has 17 heavy (non-hydrogen) atoms. The Hall–Kier alpha value is -1.40. The third-order valence-electron chi connectivity index (χ3n) is 2.94. The Morgan fingerprint density at radius 1 is 1.76 bits per heavy atom. The lowest BCUT2D eigenvalue weighted by atomic mass is 10.1. The number of rotatable bonds is 3. The topological polar surface area (TPSA) is 70.4 Å². The number of carbonyl (C=O) groups is 1. The second kappa shape index (κ2) is 5.29. The summed E-state index contributed by atoms with van der Waals surface area (Å²) in [6, 6.07) is 1.77. The van der Waals surface area contributed by atoms with Crippen LogP contribution in [0.15, 0.2) is 10.6 Å². The molecule has 1 aliphatic heterocycles. The van der Waals surface area contributed by atoms with Crippen LogP contribution in [0.25, 0.3) is 0 Å². The fraction of sp³-hybridized carbons (Fsp3) is 0.636. The highest BCUT2D eigenvalue weighted by molar-refractivity contribution is 5.81. The highest BCUT2D eigenvalue weighted by Gasteiger charge is 2.28. The lowest BCUT2D eigenvalue weighted by molar-refractivity contribution is -0.126. The van der Waals surface area contributed by atoms with E-state index in [2.05, 4.69) is 20.7 Å². The van der Waals surface area contributed by atoms with Crippen molar-refractivity contribution in [2.75, 3.05) is 26.7 Å². The van der Waals surface area contributed by atoms with E-state index >= 15 is 0 Å². The van der Waals surface area contributed by atoms with Crippen LogP contribution >= 0.6 is 0 Å². The highest BCUT2D eigenvalue weighted by atomic mass is 16.5. The van der Waals surface area contributed by atoms with Crippen molar-refractivity contribution in [2.24, 2.45) is 0 Å². The van der Waals surface area contributed by atoms with Gasteiger partial charge in [0, 0.05) is 32.7 Å². The van der Waals surface area contributed by atoms with Gasteiger partial charge in [0.25, 0.3) is 0 Å². The van der Waals surface area contributed by atoms with Crippen molar-refractivity contribution in [1.82, 2.24) is 20.7 Å². The van der Waals surface area contributed by atoms with E-state index in [9.17, 15) is 4.79 Å². The summed E-state index contributed by atoms with van der Waals surface area (Å²) in [6.07, 6.45) is 0. The van der Waals surface area contributed by atoms with Gasteiger partial charge in [-0.3, -0.25) is 9.69 Å². The van der Waals surface area contributed by atoms with E-state index in [1.54, 1.807) is 7.05 Å². The molecule has 6 nitrogen and oxygen atoms in total. The third-order valence-corrected chi connectivity index (χ3v) is 2.94. The minimum absolute atomic E-state index is 0.0356. The maximum Gasteiger partial charge on any atom is 0.238 e. The Morgan fingerprint density at radius 3 is 3.24 bits per heavy atom. The molecule has 2 heterocycles. The zero-order chi connectivity index (χ0) is 12.3. The minimum atomic E-state index is -0.140. The minimum Gasteiger partial charge on any atom is -0.360 e. The number of aryl methyl sites for hydroxylation is 1. The number of nitrogens with one attached hydrogen (secondary N) is 2. The van der Waals surface area contributed by atoms with E-state index in [1.807, 2.05) is 13.0 Å². The second-order valence-electron chi connectivity index (χ2n) is 4.24. The standard InChI is InChI=1S/C11H18N4O2/c1-8-5-9(17-14-8)7-15-4-3-13-6-10(15)11(16)12-2/h5,10,13H,3-4,6-7H2,1-2H3,(H,12,16). The van der Waals surface area contributed by atoms with E-state index in [4.69, 9.17) is 4.52 Å². The molecule has 1 aromatic heterocycles. The molecule has 1 fully saturated rings. The molecule has 0 aliphatic carbocycles. The Balaban J connectivity index is 2.03. The molecule has 1 aromatic rings. The molecule has 1 atom stereocenters. The number of hydrogen-bond acceptors (Lipinski definition) is 5. The lowest BCUT2D eigenvalue weighted by Gasteiger charge is -2.33. The molecule has 1 unspecified atom stereocenters. The summed E-state index contributed by atoms with van der Waals surface area (Å²) >= 11 is 0. The van der Waals surface area contributed by atoms with Gasteiger partial charge in [0.05, 0.1) is 12.2 Å². The zero-order valence-electron chi connectivity index (χ0n) is 10.2. The summed E-state index contributed by atoms with van der Waals surface area (Å²) in [6.45, 7) is 4.91. The van der Waals surface area contributed by atoms with Crippen molar-refractivity contribution in [3.8, 4) is 0 Å². The summed E-state index contributed by atoms with van der Waals surface area (Å²) in [5, 5.41) is 9.77. The first-order valence-corrected chi connectivity index (χ1v) is 5.79. The van der Waals surface area contributed by atoms with Crippen LogP contribution < -0.4 is 10.6 Å². The van der Waals surface area contributed by atoms with Crippen molar-refractivity contribution in [2.45, 2.75) is 19.5 Å². The molecular weight excluding hydrogens is 220 g/mol. The number of hydrogen-bond donors (Lipinski definition) is 2. The smallest absolute Gasteiger partial charge is 0.238 e. The number of nitrogens with zero attached hydrogens (tertiary/aromatic N) is 2. The maximum atomic E-state index is 11.7. The van der Waals surface area contributed by atoms with Gasteiger partial charge in [0.2, 0.25) is 5.91 Å². The average molecular weight is 238 g/mol. The predicted octanol–water partition coefficient (Wildman–Crippen LogP) is -0.497. The van der Waals surface area contributed by atoms with Gasteiger partial charge in [-0.1, -0.05) is 5.16 Å². The largest absolute Gasteiger partial charge is 0.360 e. The lowest BCUT2D eigenvalue weighted by Crippen LogP contribution is -2.56. The molecule has 0 saturated carbocycles. The molecule has 2 N–H and O–H groups in total. The molecule has 1 saturated heterocycles. The summed E-state index contributed by atoms with van der Waals surface area (Å²) in [5.41, 5.74) is 0.867. The van der Waals surface area contributed by atoms with Crippen molar-refractivity contribution < 1.29 is 9.32 Å². The van der Waals surface area contributed by atoms with Crippen LogP contribution in [0, 0.1) is 6.92 Å². The molecule has 0 bridgehead atoms. The molecule has 94 valence electrons. The quantitative estimate of drug-likeness (QED) is 0.743. The van der Waals surface area contributed by atoms with Crippen molar-refractivity contribution in [3.05, 3.63) is 17.5 Å². The molecule has 2 rings (SSSR count). The van der Waals surface area contributed by atoms with Crippen LogP contribution in [0.5, 0.6) is 0 Å². The number of likely N-dealkylation sites (N-methyl/N-ethyl adjacent to an activating group) is 1. The number of piperazine rings is 1. The first kappa shape index (κ1) is 12.1. The summed E-state index contributed by atoms with van der Waals surface area (Å²) < 4.78 is 5.18. The average Bonchev–Trinajstić information content (AvgIpc) is 2.74. The van der Waals surface area contributed by atoms with Crippen LogP contribution in [0.2, 0.25) is 0 Å². The summed E-state index contributed by atoms with van der Waals surface area (Å²) in [5.74, 6) is 0.840. The number of amides is 1. The van der Waals surface area contributed by atoms with E-state index in [0.29, 0.717) is 13.1 Å². The molecule has 0 spiro atoms. The van der Waals surface area contributed by atoms with Crippen LogP contribution in [0.4, 0.5) is 0 Å². The van der Waals surface area contributed by atoms with Crippen molar-refractivity contribution >= 4 is 5.91 Å². The first-order valence-electron chi connectivity index (χ1n) is 5.79. The second-order valence-corrected chi connectivity index (χ2v) is 4.24. The molecular formula is C11H18N4O2. The van der Waals surface area contributed by atoms with Crippen LogP contribution in [-0.2, 0) is 11.3 Å². The van der Waals surface area contributed by atoms with Gasteiger partial charge in [-0.25, -0.2) is 0 Å². The highest BCUT2D eigenvalue weighted by Crippen LogP contribution is 2.11. The molecule has 1 amide bonds. The number of carbonyl (C=O) groups excluding carboxylic acids is 1. The monoisotopic (exact) mass is 238 g/mol. The Kier molecular flexibility index (Phi) is 3.75. The SMILES string of the molecule is CNC(=O)C1CNCCN1Cc1cc(C)no1. The van der Waals surface area contributed by atoms with Crippen molar-refractivity contribution in [1.29, 1.82) is 0 Å². The van der Waals surface area contributed by atoms with E-state index < -0.39 is 0 Å². The van der Waals surface area contributed by atoms with Crippen molar-refractivity contribution in [3.63, 3.8) is 0 Å². The summed E-state index contributed by atoms with van der Waals surface area (Å²) in [4.78, 5) is 13.8. The summed E-state index contributed by atoms with van der Waals surface area (Å²) in [7, 11) is 1.66. The molecule has 6 heteroatoms. The van der Waals surface area contributed by atoms with Gasteiger partial charge in [-0.05, 0) is 6.92 Å². The molecule has 0 aromatic carbocycles. The van der Waals surface area contributed by atoms with Crippen LogP contribution in [-0.4, -0.2) is 48.7 Å². The van der Waals surface area contributed by atoms with Gasteiger partial charge >= 0.3 is 0 Å².